The first kappa shape index (κ1) is 8.68. The Morgan fingerprint density at radius 3 is 3.17 bits per heavy atom. The largest absolute Gasteiger partial charge is 0.450 e. The highest BCUT2D eigenvalue weighted by molar-refractivity contribution is 6.20. The van der Waals surface area contributed by atoms with E-state index in [9.17, 15) is 4.79 Å². The summed E-state index contributed by atoms with van der Waals surface area (Å²) in [5, 5.41) is 0. The monoisotopic (exact) mass is 166 g/mol. The molecule has 0 heterocycles. The Kier molecular flexibility index (Phi) is 3.23. The average molecular weight is 166 g/mol. The Labute approximate surface area is 70.5 Å². The van der Waals surface area contributed by atoms with Crippen LogP contribution < -0.4 is 0 Å². The van der Waals surface area contributed by atoms with Crippen molar-refractivity contribution in [1.82, 2.24) is 0 Å². The lowest BCUT2D eigenvalue weighted by Gasteiger charge is -2.14. The highest BCUT2D eigenvalue weighted by Gasteiger charge is 2.13. The highest BCUT2D eigenvalue weighted by atomic mass is 16.5. The number of hydrogen-bond donors (Lipinski definition) is 0. The highest BCUT2D eigenvalue weighted by Crippen LogP contribution is 2.12. The SMILES string of the molecule is [N-]=[N+]=CC(=O)O[C@H]1C=CCCC1. The third-order valence-corrected chi connectivity index (χ3v) is 1.64. The van der Waals surface area contributed by atoms with E-state index in [1.807, 2.05) is 12.2 Å². The van der Waals surface area contributed by atoms with E-state index in [1.54, 1.807) is 0 Å². The van der Waals surface area contributed by atoms with Gasteiger partial charge in [-0.05, 0) is 25.3 Å². The Hall–Kier alpha value is -1.41. The molecule has 0 aromatic carbocycles. The fourth-order valence-corrected chi connectivity index (χ4v) is 1.11. The van der Waals surface area contributed by atoms with Crippen LogP contribution in [0.3, 0.4) is 0 Å². The van der Waals surface area contributed by atoms with E-state index in [0.717, 1.165) is 25.5 Å². The summed E-state index contributed by atoms with van der Waals surface area (Å²) in [5.74, 6) is -0.603. The van der Waals surface area contributed by atoms with Crippen LogP contribution >= 0.6 is 0 Å². The van der Waals surface area contributed by atoms with Gasteiger partial charge in [-0.15, -0.1) is 0 Å². The van der Waals surface area contributed by atoms with Crippen molar-refractivity contribution in [3.63, 3.8) is 0 Å². The molecule has 4 heteroatoms. The summed E-state index contributed by atoms with van der Waals surface area (Å²) in [6, 6.07) is 0. The molecule has 0 aromatic heterocycles. The molecule has 0 spiro atoms. The smallest absolute Gasteiger partial charge is 0.414 e. The molecule has 0 N–H and O–H groups in total. The van der Waals surface area contributed by atoms with Gasteiger partial charge in [0.25, 0.3) is 0 Å². The second kappa shape index (κ2) is 4.46. The van der Waals surface area contributed by atoms with Crippen LogP contribution in [0.2, 0.25) is 0 Å². The second-order valence-corrected chi connectivity index (χ2v) is 2.58. The topological polar surface area (TPSA) is 62.7 Å². The Morgan fingerprint density at radius 2 is 2.58 bits per heavy atom. The molecule has 0 bridgehead atoms. The van der Waals surface area contributed by atoms with E-state index < -0.39 is 5.97 Å². The predicted molar refractivity (Wildman–Crippen MR) is 42.6 cm³/mol. The van der Waals surface area contributed by atoms with Gasteiger partial charge in [-0.1, -0.05) is 6.08 Å². The fourth-order valence-electron chi connectivity index (χ4n) is 1.11. The van der Waals surface area contributed by atoms with Gasteiger partial charge >= 0.3 is 12.2 Å². The van der Waals surface area contributed by atoms with Crippen LogP contribution in [0.5, 0.6) is 0 Å². The maximum atomic E-state index is 10.7. The molecular weight excluding hydrogens is 156 g/mol. The summed E-state index contributed by atoms with van der Waals surface area (Å²) < 4.78 is 4.90. The first-order valence-corrected chi connectivity index (χ1v) is 3.87. The van der Waals surface area contributed by atoms with Crippen molar-refractivity contribution in [2.75, 3.05) is 0 Å². The Bertz CT molecular complexity index is 241. The maximum Gasteiger partial charge on any atom is 0.414 e. The molecule has 1 atom stereocenters. The van der Waals surface area contributed by atoms with Gasteiger partial charge in [0.05, 0.1) is 0 Å². The Balaban J connectivity index is 2.39. The van der Waals surface area contributed by atoms with Gasteiger partial charge in [-0.3, -0.25) is 0 Å². The summed E-state index contributed by atoms with van der Waals surface area (Å²) >= 11 is 0. The maximum absolute atomic E-state index is 10.7. The summed E-state index contributed by atoms with van der Waals surface area (Å²) in [7, 11) is 0. The first-order valence-electron chi connectivity index (χ1n) is 3.87. The van der Waals surface area contributed by atoms with E-state index in [0.29, 0.717) is 0 Å². The zero-order valence-corrected chi connectivity index (χ0v) is 6.64. The number of carbonyl (C=O) groups excluding carboxylic acids is 1. The van der Waals surface area contributed by atoms with Crippen LogP contribution in [0.25, 0.3) is 5.53 Å². The summed E-state index contributed by atoms with van der Waals surface area (Å²) in [6.07, 6.45) is 7.37. The van der Waals surface area contributed by atoms with E-state index in [2.05, 4.69) is 4.79 Å². The third-order valence-electron chi connectivity index (χ3n) is 1.64. The molecule has 12 heavy (non-hydrogen) atoms. The molecule has 1 rings (SSSR count). The quantitative estimate of drug-likeness (QED) is 0.201. The summed E-state index contributed by atoms with van der Waals surface area (Å²) in [6.45, 7) is 0. The van der Waals surface area contributed by atoms with Crippen molar-refractivity contribution in [3.8, 4) is 0 Å². The molecule has 64 valence electrons. The zero-order chi connectivity index (χ0) is 8.81. The molecule has 0 aromatic rings. The van der Waals surface area contributed by atoms with Crippen LogP contribution in [0, 0.1) is 0 Å². The minimum Gasteiger partial charge on any atom is -0.450 e. The normalized spacial score (nSPS) is 21.2. The van der Waals surface area contributed by atoms with Gasteiger partial charge in [0, 0.05) is 0 Å². The summed E-state index contributed by atoms with van der Waals surface area (Å²) in [5.41, 5.74) is 8.02. The molecule has 4 nitrogen and oxygen atoms in total. The van der Waals surface area contributed by atoms with Crippen LogP contribution in [-0.2, 0) is 9.53 Å². The molecule has 0 amide bonds. The molecule has 0 saturated heterocycles. The van der Waals surface area contributed by atoms with Gasteiger partial charge in [-0.2, -0.15) is 4.79 Å². The van der Waals surface area contributed by atoms with Crippen molar-refractivity contribution in [2.24, 2.45) is 0 Å². The average Bonchev–Trinajstić information content (AvgIpc) is 2.06. The third kappa shape index (κ3) is 2.68. The summed E-state index contributed by atoms with van der Waals surface area (Å²) in [4.78, 5) is 13.3. The lowest BCUT2D eigenvalue weighted by atomic mass is 10.1. The molecule has 0 radical (unpaired) electrons. The van der Waals surface area contributed by atoms with E-state index in [1.165, 1.54) is 0 Å². The van der Waals surface area contributed by atoms with Crippen LogP contribution in [-0.4, -0.2) is 23.1 Å². The predicted octanol–water partition coefficient (Wildman–Crippen LogP) is 0.939. The van der Waals surface area contributed by atoms with Gasteiger partial charge in [0.2, 0.25) is 0 Å². The molecule has 1 aliphatic carbocycles. The number of ether oxygens (including phenoxy) is 1. The second-order valence-electron chi connectivity index (χ2n) is 2.58. The van der Waals surface area contributed by atoms with Crippen molar-refractivity contribution in [3.05, 3.63) is 17.7 Å². The fraction of sp³-hybridized carbons (Fsp3) is 0.500. The number of carbonyl (C=O) groups is 1. The molecular formula is C8H10N2O2. The minimum atomic E-state index is -0.603. The standard InChI is InChI=1S/C8H10N2O2/c9-10-6-8(11)12-7-4-2-1-3-5-7/h2,4,6-7H,1,3,5H2/t7-/m0/s1. The number of esters is 1. The van der Waals surface area contributed by atoms with Crippen LogP contribution in [0.1, 0.15) is 19.3 Å². The van der Waals surface area contributed by atoms with Crippen molar-refractivity contribution in [2.45, 2.75) is 25.4 Å². The van der Waals surface area contributed by atoms with Gasteiger partial charge < -0.3 is 10.3 Å². The van der Waals surface area contributed by atoms with Crippen molar-refractivity contribution in [1.29, 1.82) is 0 Å². The minimum absolute atomic E-state index is 0.149. The molecule has 1 aliphatic rings. The van der Waals surface area contributed by atoms with Crippen molar-refractivity contribution >= 4 is 12.2 Å². The van der Waals surface area contributed by atoms with E-state index in [-0.39, 0.29) is 6.10 Å². The van der Waals surface area contributed by atoms with Crippen LogP contribution in [0.15, 0.2) is 12.2 Å². The number of hydrogen-bond acceptors (Lipinski definition) is 2. The van der Waals surface area contributed by atoms with E-state index in [4.69, 9.17) is 10.3 Å². The number of rotatable bonds is 2. The first-order chi connectivity index (χ1) is 5.83. The van der Waals surface area contributed by atoms with Gasteiger partial charge in [0.1, 0.15) is 6.10 Å². The lowest BCUT2D eigenvalue weighted by Crippen LogP contribution is -2.18. The molecule has 0 unspecified atom stereocenters. The van der Waals surface area contributed by atoms with E-state index >= 15 is 0 Å². The molecule has 0 saturated carbocycles. The zero-order valence-electron chi connectivity index (χ0n) is 6.64. The molecule has 0 aliphatic heterocycles. The Morgan fingerprint density at radius 1 is 1.75 bits per heavy atom. The number of allylic oxidation sites excluding steroid dienone is 1. The van der Waals surface area contributed by atoms with Crippen molar-refractivity contribution < 1.29 is 14.3 Å². The number of nitrogens with zero attached hydrogens (tertiary/aromatic N) is 2. The lowest BCUT2D eigenvalue weighted by molar-refractivity contribution is -0.142. The van der Waals surface area contributed by atoms with Crippen LogP contribution in [0.4, 0.5) is 0 Å². The molecule has 0 fully saturated rings. The van der Waals surface area contributed by atoms with Gasteiger partial charge in [-0.25, -0.2) is 4.79 Å². The van der Waals surface area contributed by atoms with Gasteiger partial charge in [0.15, 0.2) is 0 Å².